The maximum absolute atomic E-state index is 14.4. The van der Waals surface area contributed by atoms with Gasteiger partial charge in [-0.1, -0.05) is 65.9 Å². The molecule has 0 unspecified atom stereocenters. The number of aromatic nitrogens is 1. The van der Waals surface area contributed by atoms with Gasteiger partial charge in [0.25, 0.3) is 11.5 Å². The first kappa shape index (κ1) is 26.0. The molecule has 0 fully saturated rings. The van der Waals surface area contributed by atoms with Crippen molar-refractivity contribution in [1.29, 1.82) is 0 Å². The minimum absolute atomic E-state index is 0.0796. The van der Waals surface area contributed by atoms with Crippen LogP contribution >= 0.6 is 11.3 Å². The van der Waals surface area contributed by atoms with Crippen molar-refractivity contribution in [3.8, 4) is 11.5 Å². The number of esters is 1. The van der Waals surface area contributed by atoms with Crippen LogP contribution in [0.1, 0.15) is 36.6 Å². The Morgan fingerprint density at radius 3 is 2.55 bits per heavy atom. The zero-order chi connectivity index (χ0) is 29.0. The molecule has 7 rings (SSSR count). The number of carbonyl (C=O) groups is 2. The van der Waals surface area contributed by atoms with Crippen LogP contribution in [0, 0.1) is 0 Å². The molecule has 0 spiro atoms. The number of benzene rings is 3. The SMILES string of the molecule is CCOC(=O)C1=C(c2ccccc2)N=c2s/c(=C3/C(=O)N(CC)c4ccccc43)c(=O)n2[C@H]1c1ccc2c(c1)OCO2. The van der Waals surface area contributed by atoms with Crippen LogP contribution in [-0.4, -0.2) is 36.4 Å². The van der Waals surface area contributed by atoms with Crippen LogP contribution in [0.2, 0.25) is 0 Å². The zero-order valence-electron chi connectivity index (χ0n) is 22.8. The third kappa shape index (κ3) is 3.90. The summed E-state index contributed by atoms with van der Waals surface area (Å²) in [5, 5.41) is 0. The molecule has 3 aliphatic rings. The van der Waals surface area contributed by atoms with Crippen LogP contribution in [-0.2, 0) is 14.3 Å². The summed E-state index contributed by atoms with van der Waals surface area (Å²) in [7, 11) is 0. The highest BCUT2D eigenvalue weighted by Gasteiger charge is 2.38. The molecule has 10 heteroatoms. The van der Waals surface area contributed by atoms with E-state index in [2.05, 4.69) is 0 Å². The van der Waals surface area contributed by atoms with Crippen molar-refractivity contribution in [2.75, 3.05) is 24.8 Å². The molecule has 3 aliphatic heterocycles. The van der Waals surface area contributed by atoms with E-state index in [-0.39, 0.29) is 29.4 Å². The Balaban J connectivity index is 1.57. The fourth-order valence-corrected chi connectivity index (χ4v) is 6.79. The number of thiazole rings is 1. The summed E-state index contributed by atoms with van der Waals surface area (Å²) < 4.78 is 18.5. The fourth-order valence-electron chi connectivity index (χ4n) is 5.70. The van der Waals surface area contributed by atoms with Crippen LogP contribution < -0.4 is 29.3 Å². The minimum atomic E-state index is -0.895. The van der Waals surface area contributed by atoms with E-state index in [9.17, 15) is 14.4 Å². The van der Waals surface area contributed by atoms with E-state index >= 15 is 0 Å². The number of rotatable bonds is 5. The van der Waals surface area contributed by atoms with E-state index in [4.69, 9.17) is 19.2 Å². The molecule has 1 atom stereocenters. The topological polar surface area (TPSA) is 99.4 Å². The predicted octanol–water partition coefficient (Wildman–Crippen LogP) is 3.40. The standard InChI is InChI=1S/C32H25N3O6S/c1-3-34-21-13-9-8-12-20(21)24(29(34)36)28-30(37)35-27(19-14-15-22-23(16-19)41-17-40-22)25(31(38)39-4-2)26(33-32(35)42-28)18-10-6-5-7-11-18/h5-16,27H,3-4,17H2,1-2H3/b28-24+/t27-/m0/s1. The molecule has 1 amide bonds. The highest BCUT2D eigenvalue weighted by molar-refractivity contribution is 7.07. The van der Waals surface area contributed by atoms with Crippen molar-refractivity contribution in [2.45, 2.75) is 19.9 Å². The molecule has 0 N–H and O–H groups in total. The van der Waals surface area contributed by atoms with Crippen molar-refractivity contribution in [2.24, 2.45) is 4.99 Å². The van der Waals surface area contributed by atoms with Crippen molar-refractivity contribution in [3.05, 3.63) is 115 Å². The molecule has 1 aromatic heterocycles. The van der Waals surface area contributed by atoms with Crippen LogP contribution in [0.3, 0.4) is 0 Å². The van der Waals surface area contributed by atoms with Crippen LogP contribution in [0.4, 0.5) is 5.69 Å². The minimum Gasteiger partial charge on any atom is -0.463 e. The van der Waals surface area contributed by atoms with E-state index in [0.29, 0.717) is 50.8 Å². The quantitative estimate of drug-likeness (QED) is 0.336. The van der Waals surface area contributed by atoms with Gasteiger partial charge in [0.2, 0.25) is 6.79 Å². The number of nitrogens with zero attached hydrogens (tertiary/aromatic N) is 3. The van der Waals surface area contributed by atoms with E-state index in [1.165, 1.54) is 4.57 Å². The number of carbonyl (C=O) groups excluding carboxylic acids is 2. The van der Waals surface area contributed by atoms with Crippen molar-refractivity contribution in [3.63, 3.8) is 0 Å². The van der Waals surface area contributed by atoms with Gasteiger partial charge in [-0.15, -0.1) is 0 Å². The van der Waals surface area contributed by atoms with Gasteiger partial charge in [-0.25, -0.2) is 9.79 Å². The summed E-state index contributed by atoms with van der Waals surface area (Å²) in [4.78, 5) is 48.7. The van der Waals surface area contributed by atoms with E-state index in [0.717, 1.165) is 17.0 Å². The summed E-state index contributed by atoms with van der Waals surface area (Å²) >= 11 is 1.15. The number of ether oxygens (including phenoxy) is 3. The lowest BCUT2D eigenvalue weighted by Crippen LogP contribution is -2.41. The van der Waals surface area contributed by atoms with Crippen molar-refractivity contribution < 1.29 is 23.8 Å². The summed E-state index contributed by atoms with van der Waals surface area (Å²) in [6.07, 6.45) is 0. The molecule has 0 saturated carbocycles. The smallest absolute Gasteiger partial charge is 0.338 e. The molecule has 42 heavy (non-hydrogen) atoms. The number of amides is 1. The summed E-state index contributed by atoms with van der Waals surface area (Å²) in [6.45, 7) is 4.32. The number of anilines is 1. The van der Waals surface area contributed by atoms with Gasteiger partial charge in [0.15, 0.2) is 16.3 Å². The van der Waals surface area contributed by atoms with Crippen molar-refractivity contribution >= 4 is 40.2 Å². The molecule has 4 aromatic rings. The fraction of sp³-hybridized carbons (Fsp3) is 0.188. The van der Waals surface area contributed by atoms with Crippen LogP contribution in [0.25, 0.3) is 11.3 Å². The molecule has 210 valence electrons. The van der Waals surface area contributed by atoms with E-state index in [1.54, 1.807) is 30.0 Å². The first-order valence-corrected chi connectivity index (χ1v) is 14.4. The zero-order valence-corrected chi connectivity index (χ0v) is 23.6. The second-order valence-corrected chi connectivity index (χ2v) is 10.8. The molecular formula is C32H25N3O6S. The van der Waals surface area contributed by atoms with Crippen LogP contribution in [0.15, 0.2) is 88.2 Å². The Morgan fingerprint density at radius 2 is 1.76 bits per heavy atom. The summed E-state index contributed by atoms with van der Waals surface area (Å²) in [5.74, 6) is 0.264. The van der Waals surface area contributed by atoms with Crippen LogP contribution in [0.5, 0.6) is 11.5 Å². The maximum atomic E-state index is 14.4. The average Bonchev–Trinajstić information content (AvgIpc) is 3.69. The summed E-state index contributed by atoms with van der Waals surface area (Å²) in [6, 6.07) is 21.2. The highest BCUT2D eigenvalue weighted by atomic mass is 32.1. The molecular weight excluding hydrogens is 554 g/mol. The average molecular weight is 580 g/mol. The number of likely N-dealkylation sites (N-methyl/N-ethyl adjacent to an activating group) is 1. The van der Waals surface area contributed by atoms with Gasteiger partial charge in [-0.05, 0) is 37.6 Å². The van der Waals surface area contributed by atoms with Gasteiger partial charge in [-0.3, -0.25) is 14.2 Å². The molecule has 3 aromatic carbocycles. The Kier molecular flexibility index (Phi) is 6.27. The molecule has 0 radical (unpaired) electrons. The number of fused-ring (bicyclic) bond motifs is 3. The second kappa shape index (κ2) is 10.1. The molecule has 9 nitrogen and oxygen atoms in total. The monoisotopic (exact) mass is 579 g/mol. The van der Waals surface area contributed by atoms with Crippen molar-refractivity contribution in [1.82, 2.24) is 4.57 Å². The Bertz CT molecular complexity index is 1990. The lowest BCUT2D eigenvalue weighted by Gasteiger charge is -2.26. The first-order chi connectivity index (χ1) is 20.5. The number of para-hydroxylation sites is 1. The van der Waals surface area contributed by atoms with Gasteiger partial charge in [-0.2, -0.15) is 0 Å². The Morgan fingerprint density at radius 1 is 1.00 bits per heavy atom. The molecule has 0 aliphatic carbocycles. The third-order valence-corrected chi connectivity index (χ3v) is 8.58. The highest BCUT2D eigenvalue weighted by Crippen LogP contribution is 2.40. The third-order valence-electron chi connectivity index (χ3n) is 7.53. The van der Waals surface area contributed by atoms with E-state index in [1.807, 2.05) is 61.5 Å². The molecule has 4 heterocycles. The Labute approximate surface area is 244 Å². The van der Waals surface area contributed by atoms with Gasteiger partial charge in [0.05, 0.1) is 35.2 Å². The summed E-state index contributed by atoms with van der Waals surface area (Å²) in [5.41, 5.74) is 3.33. The Hall–Kier alpha value is -4.96. The maximum Gasteiger partial charge on any atom is 0.338 e. The lowest BCUT2D eigenvalue weighted by atomic mass is 9.93. The van der Waals surface area contributed by atoms with Gasteiger partial charge in [0, 0.05) is 17.7 Å². The molecule has 0 saturated heterocycles. The number of hydrogen-bond acceptors (Lipinski definition) is 8. The normalized spacial score (nSPS) is 18.1. The van der Waals surface area contributed by atoms with Gasteiger partial charge < -0.3 is 19.1 Å². The van der Waals surface area contributed by atoms with Gasteiger partial charge >= 0.3 is 5.97 Å². The predicted molar refractivity (Wildman–Crippen MR) is 157 cm³/mol. The van der Waals surface area contributed by atoms with E-state index < -0.39 is 17.6 Å². The lowest BCUT2D eigenvalue weighted by molar-refractivity contribution is -0.138. The second-order valence-electron chi connectivity index (χ2n) is 9.81. The molecule has 0 bridgehead atoms. The number of hydrogen-bond donors (Lipinski definition) is 0. The van der Waals surface area contributed by atoms with Gasteiger partial charge in [0.1, 0.15) is 4.53 Å². The first-order valence-electron chi connectivity index (χ1n) is 13.6. The largest absolute Gasteiger partial charge is 0.463 e.